The third kappa shape index (κ3) is 6.64. The van der Waals surface area contributed by atoms with Crippen LogP contribution in [0.1, 0.15) is 24.8 Å². The minimum atomic E-state index is 0.0530. The summed E-state index contributed by atoms with van der Waals surface area (Å²) in [4.78, 5) is 11.5. The molecule has 1 rings (SSSR count). The van der Waals surface area contributed by atoms with Gasteiger partial charge < -0.3 is 10.1 Å². The van der Waals surface area contributed by atoms with Crippen LogP contribution in [0.3, 0.4) is 0 Å². The van der Waals surface area contributed by atoms with Crippen molar-refractivity contribution in [2.45, 2.75) is 26.2 Å². The van der Waals surface area contributed by atoms with E-state index in [1.807, 2.05) is 31.2 Å². The van der Waals surface area contributed by atoms with E-state index in [0.29, 0.717) is 13.0 Å². The van der Waals surface area contributed by atoms with Crippen molar-refractivity contribution in [3.05, 3.63) is 29.8 Å². The van der Waals surface area contributed by atoms with E-state index in [-0.39, 0.29) is 5.91 Å². The summed E-state index contributed by atoms with van der Waals surface area (Å²) in [6.07, 6.45) is 2.50. The van der Waals surface area contributed by atoms with E-state index in [2.05, 4.69) is 21.2 Å². The lowest BCUT2D eigenvalue weighted by Gasteiger charge is -2.07. The highest BCUT2D eigenvalue weighted by Crippen LogP contribution is 2.12. The van der Waals surface area contributed by atoms with E-state index < -0.39 is 0 Å². The zero-order valence-corrected chi connectivity index (χ0v) is 12.3. The fourth-order valence-electron chi connectivity index (χ4n) is 1.50. The summed E-state index contributed by atoms with van der Waals surface area (Å²) in [5.41, 5.74) is 1.16. The highest BCUT2D eigenvalue weighted by Gasteiger charge is 2.01. The predicted molar refractivity (Wildman–Crippen MR) is 77.3 cm³/mol. The molecule has 0 aliphatic rings. The number of hydrogen-bond donors (Lipinski definition) is 1. The normalized spacial score (nSPS) is 10.1. The van der Waals surface area contributed by atoms with Gasteiger partial charge in [-0.25, -0.2) is 0 Å². The number of unbranched alkanes of at least 4 members (excludes halogenated alkanes) is 1. The molecule has 1 aromatic rings. The molecule has 18 heavy (non-hydrogen) atoms. The molecule has 0 unspecified atom stereocenters. The van der Waals surface area contributed by atoms with Crippen LogP contribution in [0.25, 0.3) is 0 Å². The van der Waals surface area contributed by atoms with E-state index in [4.69, 9.17) is 4.74 Å². The molecule has 100 valence electrons. The maximum Gasteiger partial charge on any atom is 0.223 e. The molecule has 4 heteroatoms. The second-order valence-corrected chi connectivity index (χ2v) is 4.95. The van der Waals surface area contributed by atoms with Gasteiger partial charge in [-0.05, 0) is 37.5 Å². The Morgan fingerprint density at radius 3 is 2.94 bits per heavy atom. The average molecular weight is 314 g/mol. The van der Waals surface area contributed by atoms with Crippen LogP contribution >= 0.6 is 15.9 Å². The minimum Gasteiger partial charge on any atom is -0.493 e. The van der Waals surface area contributed by atoms with Gasteiger partial charge in [0.25, 0.3) is 0 Å². The minimum absolute atomic E-state index is 0.0530. The van der Waals surface area contributed by atoms with E-state index in [1.165, 1.54) is 0 Å². The molecule has 1 amide bonds. The van der Waals surface area contributed by atoms with Crippen molar-refractivity contribution in [2.24, 2.45) is 0 Å². The van der Waals surface area contributed by atoms with Gasteiger partial charge in [0, 0.05) is 11.9 Å². The number of carbonyl (C=O) groups excluding carboxylic acids is 1. The van der Waals surface area contributed by atoms with Crippen molar-refractivity contribution in [1.29, 1.82) is 0 Å². The Labute approximate surface area is 117 Å². The summed E-state index contributed by atoms with van der Waals surface area (Å²) in [5, 5.41) is 3.86. The Morgan fingerprint density at radius 1 is 1.39 bits per heavy atom. The molecule has 0 aromatic heterocycles. The first kappa shape index (κ1) is 15.0. The monoisotopic (exact) mass is 313 g/mol. The Bertz CT molecular complexity index is 369. The molecule has 0 saturated heterocycles. The third-order valence-corrected chi connectivity index (χ3v) is 3.03. The number of aryl methyl sites for hydroxylation is 1. The maximum atomic E-state index is 11.5. The largest absolute Gasteiger partial charge is 0.493 e. The summed E-state index contributed by atoms with van der Waals surface area (Å²) in [7, 11) is 0. The van der Waals surface area contributed by atoms with Crippen LogP contribution in [0.4, 0.5) is 0 Å². The summed E-state index contributed by atoms with van der Waals surface area (Å²) in [6, 6.07) is 7.84. The lowest BCUT2D eigenvalue weighted by Crippen LogP contribution is -2.25. The van der Waals surface area contributed by atoms with Crippen molar-refractivity contribution in [1.82, 2.24) is 5.32 Å². The van der Waals surface area contributed by atoms with Crippen LogP contribution in [0.2, 0.25) is 0 Å². The maximum absolute atomic E-state index is 11.5. The van der Waals surface area contributed by atoms with Crippen LogP contribution in [0.5, 0.6) is 5.75 Å². The van der Waals surface area contributed by atoms with Crippen molar-refractivity contribution >= 4 is 21.8 Å². The number of nitrogens with one attached hydrogen (secondary N) is 1. The smallest absolute Gasteiger partial charge is 0.223 e. The summed E-state index contributed by atoms with van der Waals surface area (Å²) < 4.78 is 5.52. The van der Waals surface area contributed by atoms with E-state index in [0.717, 1.165) is 36.0 Å². The molecule has 0 radical (unpaired) electrons. The molecule has 0 aliphatic carbocycles. The molecular formula is C14H20BrNO2. The van der Waals surface area contributed by atoms with Gasteiger partial charge in [-0.3, -0.25) is 4.79 Å². The lowest BCUT2D eigenvalue weighted by atomic mass is 10.2. The van der Waals surface area contributed by atoms with Gasteiger partial charge in [0.2, 0.25) is 5.91 Å². The first-order valence-electron chi connectivity index (χ1n) is 6.24. The topological polar surface area (TPSA) is 38.3 Å². The highest BCUT2D eigenvalue weighted by molar-refractivity contribution is 9.09. The number of benzene rings is 1. The quantitative estimate of drug-likeness (QED) is 0.591. The SMILES string of the molecule is Cc1cccc(OCCC(=O)NCCCCBr)c1. The molecule has 0 spiro atoms. The van der Waals surface area contributed by atoms with Gasteiger partial charge in [-0.2, -0.15) is 0 Å². The van der Waals surface area contributed by atoms with Crippen molar-refractivity contribution in [3.63, 3.8) is 0 Å². The van der Waals surface area contributed by atoms with Gasteiger partial charge in [-0.1, -0.05) is 28.1 Å². The number of amides is 1. The van der Waals surface area contributed by atoms with Crippen LogP contribution in [0, 0.1) is 6.92 Å². The van der Waals surface area contributed by atoms with Crippen molar-refractivity contribution < 1.29 is 9.53 Å². The van der Waals surface area contributed by atoms with Gasteiger partial charge in [0.05, 0.1) is 13.0 Å². The van der Waals surface area contributed by atoms with E-state index in [1.54, 1.807) is 0 Å². The molecule has 0 atom stereocenters. The predicted octanol–water partition coefficient (Wildman–Crippen LogP) is 3.06. The molecule has 1 N–H and O–H groups in total. The van der Waals surface area contributed by atoms with Crippen LogP contribution in [0.15, 0.2) is 24.3 Å². The van der Waals surface area contributed by atoms with Gasteiger partial charge in [0.1, 0.15) is 5.75 Å². The number of halogens is 1. The van der Waals surface area contributed by atoms with E-state index >= 15 is 0 Å². The second-order valence-electron chi connectivity index (χ2n) is 4.16. The Kier molecular flexibility index (Phi) is 7.49. The summed E-state index contributed by atoms with van der Waals surface area (Å²) in [5.74, 6) is 0.874. The van der Waals surface area contributed by atoms with Crippen molar-refractivity contribution in [3.8, 4) is 5.75 Å². The molecule has 0 aliphatic heterocycles. The molecular weight excluding hydrogens is 294 g/mol. The van der Waals surface area contributed by atoms with Crippen LogP contribution < -0.4 is 10.1 Å². The number of ether oxygens (including phenoxy) is 1. The Morgan fingerprint density at radius 2 is 2.22 bits per heavy atom. The molecule has 0 heterocycles. The number of rotatable bonds is 8. The molecule has 0 bridgehead atoms. The standard InChI is InChI=1S/C14H20BrNO2/c1-12-5-4-6-13(11-12)18-10-7-14(17)16-9-3-2-8-15/h4-6,11H,2-3,7-10H2,1H3,(H,16,17). The first-order chi connectivity index (χ1) is 8.72. The number of hydrogen-bond acceptors (Lipinski definition) is 2. The number of alkyl halides is 1. The summed E-state index contributed by atoms with van der Waals surface area (Å²) >= 11 is 3.36. The molecule has 3 nitrogen and oxygen atoms in total. The van der Waals surface area contributed by atoms with Crippen LogP contribution in [-0.4, -0.2) is 24.4 Å². The van der Waals surface area contributed by atoms with Gasteiger partial charge in [0.15, 0.2) is 0 Å². The van der Waals surface area contributed by atoms with Gasteiger partial charge >= 0.3 is 0 Å². The Balaban J connectivity index is 2.12. The van der Waals surface area contributed by atoms with E-state index in [9.17, 15) is 4.79 Å². The molecule has 0 fully saturated rings. The Hall–Kier alpha value is -1.03. The van der Waals surface area contributed by atoms with Gasteiger partial charge in [-0.15, -0.1) is 0 Å². The fourth-order valence-corrected chi connectivity index (χ4v) is 1.90. The lowest BCUT2D eigenvalue weighted by molar-refractivity contribution is -0.121. The van der Waals surface area contributed by atoms with Crippen LogP contribution in [-0.2, 0) is 4.79 Å². The zero-order chi connectivity index (χ0) is 13.2. The second kappa shape index (κ2) is 8.97. The third-order valence-electron chi connectivity index (χ3n) is 2.47. The average Bonchev–Trinajstić information content (AvgIpc) is 2.35. The first-order valence-corrected chi connectivity index (χ1v) is 7.36. The summed E-state index contributed by atoms with van der Waals surface area (Å²) in [6.45, 7) is 3.19. The fraction of sp³-hybridized carbons (Fsp3) is 0.500. The van der Waals surface area contributed by atoms with Crippen molar-refractivity contribution in [2.75, 3.05) is 18.5 Å². The molecule has 1 aromatic carbocycles. The number of carbonyl (C=O) groups is 1. The zero-order valence-electron chi connectivity index (χ0n) is 10.7. The molecule has 0 saturated carbocycles. The highest BCUT2D eigenvalue weighted by atomic mass is 79.9.